The molecule has 0 heterocycles. The molecule has 1 aromatic rings. The van der Waals surface area contributed by atoms with Gasteiger partial charge in [-0.2, -0.15) is 0 Å². The predicted molar refractivity (Wildman–Crippen MR) is 87.0 cm³/mol. The first kappa shape index (κ1) is 17.2. The van der Waals surface area contributed by atoms with Gasteiger partial charge in [0, 0.05) is 6.61 Å². The van der Waals surface area contributed by atoms with Gasteiger partial charge in [0.1, 0.15) is 0 Å². The Bertz CT molecular complexity index is 321. The van der Waals surface area contributed by atoms with Crippen LogP contribution in [-0.4, -0.2) is 25.8 Å². The Morgan fingerprint density at radius 1 is 1.00 bits per heavy atom. The van der Waals surface area contributed by atoms with Crippen molar-refractivity contribution < 1.29 is 4.74 Å². The second-order valence-electron chi connectivity index (χ2n) is 6.32. The van der Waals surface area contributed by atoms with Crippen LogP contribution < -0.4 is 5.32 Å². The van der Waals surface area contributed by atoms with Gasteiger partial charge in [-0.05, 0) is 57.2 Å². The first-order chi connectivity index (χ1) is 9.58. The molecule has 20 heavy (non-hydrogen) atoms. The maximum absolute atomic E-state index is 5.71. The van der Waals surface area contributed by atoms with Crippen LogP contribution in [-0.2, 0) is 11.2 Å². The van der Waals surface area contributed by atoms with Crippen molar-refractivity contribution in [1.29, 1.82) is 0 Å². The van der Waals surface area contributed by atoms with E-state index < -0.39 is 0 Å². The van der Waals surface area contributed by atoms with E-state index >= 15 is 0 Å². The summed E-state index contributed by atoms with van der Waals surface area (Å²) in [5.74, 6) is 1.36. The van der Waals surface area contributed by atoms with E-state index in [2.05, 4.69) is 63.3 Å². The molecule has 0 radical (unpaired) electrons. The van der Waals surface area contributed by atoms with E-state index in [4.69, 9.17) is 4.74 Å². The minimum absolute atomic E-state index is 0.330. The van der Waals surface area contributed by atoms with E-state index in [1.54, 1.807) is 0 Å². The molecule has 1 unspecified atom stereocenters. The topological polar surface area (TPSA) is 21.3 Å². The van der Waals surface area contributed by atoms with Gasteiger partial charge >= 0.3 is 0 Å². The lowest BCUT2D eigenvalue weighted by Gasteiger charge is -2.19. The standard InChI is InChI=1S/C18H31NO/c1-15(2)13-19-14-18(10-11-20-16(3)4)12-17-8-6-5-7-9-17/h5-9,15-16,18-19H,10-14H2,1-4H3. The minimum Gasteiger partial charge on any atom is -0.379 e. The molecule has 1 aromatic carbocycles. The molecule has 0 saturated carbocycles. The molecule has 0 saturated heterocycles. The highest BCUT2D eigenvalue weighted by molar-refractivity contribution is 5.15. The van der Waals surface area contributed by atoms with Crippen LogP contribution in [0.4, 0.5) is 0 Å². The van der Waals surface area contributed by atoms with E-state index in [0.29, 0.717) is 17.9 Å². The van der Waals surface area contributed by atoms with E-state index in [1.165, 1.54) is 5.56 Å². The van der Waals surface area contributed by atoms with Crippen molar-refractivity contribution in [2.75, 3.05) is 19.7 Å². The fraction of sp³-hybridized carbons (Fsp3) is 0.667. The van der Waals surface area contributed by atoms with Crippen molar-refractivity contribution in [1.82, 2.24) is 5.32 Å². The average molecular weight is 277 g/mol. The summed E-state index contributed by atoms with van der Waals surface area (Å²) >= 11 is 0. The summed E-state index contributed by atoms with van der Waals surface area (Å²) in [7, 11) is 0. The van der Waals surface area contributed by atoms with Crippen LogP contribution in [0.5, 0.6) is 0 Å². The maximum Gasteiger partial charge on any atom is 0.0518 e. The predicted octanol–water partition coefficient (Wildman–Crippen LogP) is 3.91. The molecular formula is C18H31NO. The van der Waals surface area contributed by atoms with Gasteiger partial charge in [0.05, 0.1) is 6.10 Å². The molecule has 1 rings (SSSR count). The minimum atomic E-state index is 0.330. The van der Waals surface area contributed by atoms with Gasteiger partial charge < -0.3 is 10.1 Å². The lowest BCUT2D eigenvalue weighted by Crippen LogP contribution is -2.28. The summed E-state index contributed by atoms with van der Waals surface area (Å²) in [5.41, 5.74) is 1.42. The van der Waals surface area contributed by atoms with Gasteiger partial charge in [-0.1, -0.05) is 44.2 Å². The molecule has 2 heteroatoms. The van der Waals surface area contributed by atoms with Crippen molar-refractivity contribution in [2.24, 2.45) is 11.8 Å². The molecular weight excluding hydrogens is 246 g/mol. The molecule has 0 bridgehead atoms. The van der Waals surface area contributed by atoms with E-state index in [0.717, 1.165) is 32.5 Å². The molecule has 114 valence electrons. The molecule has 0 aliphatic rings. The van der Waals surface area contributed by atoms with Gasteiger partial charge in [0.25, 0.3) is 0 Å². The van der Waals surface area contributed by atoms with Crippen LogP contribution in [0.1, 0.15) is 39.7 Å². The Morgan fingerprint density at radius 3 is 2.30 bits per heavy atom. The lowest BCUT2D eigenvalue weighted by atomic mass is 9.96. The van der Waals surface area contributed by atoms with Gasteiger partial charge in [0.2, 0.25) is 0 Å². The third kappa shape index (κ3) is 8.34. The Morgan fingerprint density at radius 2 is 1.70 bits per heavy atom. The van der Waals surface area contributed by atoms with Gasteiger partial charge in [0.15, 0.2) is 0 Å². The molecule has 0 spiro atoms. The highest BCUT2D eigenvalue weighted by Gasteiger charge is 2.10. The number of nitrogens with one attached hydrogen (secondary N) is 1. The average Bonchev–Trinajstić information content (AvgIpc) is 2.38. The van der Waals surface area contributed by atoms with Crippen molar-refractivity contribution in [2.45, 2.75) is 46.6 Å². The summed E-state index contributed by atoms with van der Waals surface area (Å²) in [6, 6.07) is 10.8. The van der Waals surface area contributed by atoms with Crippen molar-refractivity contribution >= 4 is 0 Å². The zero-order valence-electron chi connectivity index (χ0n) is 13.6. The Kier molecular flexibility index (Phi) is 8.56. The second-order valence-corrected chi connectivity index (χ2v) is 6.32. The van der Waals surface area contributed by atoms with Gasteiger partial charge in [-0.3, -0.25) is 0 Å². The van der Waals surface area contributed by atoms with Crippen LogP contribution in [0.3, 0.4) is 0 Å². The molecule has 0 fully saturated rings. The number of ether oxygens (including phenoxy) is 1. The molecule has 0 aliphatic heterocycles. The zero-order valence-corrected chi connectivity index (χ0v) is 13.6. The molecule has 0 aromatic heterocycles. The summed E-state index contributed by atoms with van der Waals surface area (Å²) in [5, 5.41) is 3.59. The third-order valence-corrected chi connectivity index (χ3v) is 3.33. The monoisotopic (exact) mass is 277 g/mol. The summed E-state index contributed by atoms with van der Waals surface area (Å²) in [4.78, 5) is 0. The van der Waals surface area contributed by atoms with E-state index in [-0.39, 0.29) is 0 Å². The molecule has 1 N–H and O–H groups in total. The maximum atomic E-state index is 5.71. The lowest BCUT2D eigenvalue weighted by molar-refractivity contribution is 0.0682. The molecule has 2 nitrogen and oxygen atoms in total. The van der Waals surface area contributed by atoms with Crippen LogP contribution in [0.2, 0.25) is 0 Å². The Balaban J connectivity index is 2.41. The van der Waals surface area contributed by atoms with Gasteiger partial charge in [-0.25, -0.2) is 0 Å². The normalized spacial score (nSPS) is 13.1. The van der Waals surface area contributed by atoms with Crippen molar-refractivity contribution in [3.63, 3.8) is 0 Å². The highest BCUT2D eigenvalue weighted by atomic mass is 16.5. The van der Waals surface area contributed by atoms with Crippen LogP contribution in [0.15, 0.2) is 30.3 Å². The van der Waals surface area contributed by atoms with Crippen molar-refractivity contribution in [3.05, 3.63) is 35.9 Å². The second kappa shape index (κ2) is 9.95. The SMILES string of the molecule is CC(C)CNCC(CCOC(C)C)Cc1ccccc1. The smallest absolute Gasteiger partial charge is 0.0518 e. The van der Waals surface area contributed by atoms with Gasteiger partial charge in [-0.15, -0.1) is 0 Å². The molecule has 1 atom stereocenters. The fourth-order valence-corrected chi connectivity index (χ4v) is 2.27. The molecule has 0 amide bonds. The zero-order chi connectivity index (χ0) is 14.8. The van der Waals surface area contributed by atoms with Crippen LogP contribution in [0.25, 0.3) is 0 Å². The van der Waals surface area contributed by atoms with Crippen LogP contribution >= 0.6 is 0 Å². The summed E-state index contributed by atoms with van der Waals surface area (Å²) < 4.78 is 5.71. The Labute approximate surface area is 124 Å². The van der Waals surface area contributed by atoms with Crippen LogP contribution in [0, 0.1) is 11.8 Å². The Hall–Kier alpha value is -0.860. The first-order valence-electron chi connectivity index (χ1n) is 7.94. The van der Waals surface area contributed by atoms with Crippen molar-refractivity contribution in [3.8, 4) is 0 Å². The fourth-order valence-electron chi connectivity index (χ4n) is 2.27. The largest absolute Gasteiger partial charge is 0.379 e. The number of hydrogen-bond acceptors (Lipinski definition) is 2. The van der Waals surface area contributed by atoms with E-state index in [1.807, 2.05) is 0 Å². The molecule has 0 aliphatic carbocycles. The number of rotatable bonds is 10. The van der Waals surface area contributed by atoms with E-state index in [9.17, 15) is 0 Å². The summed E-state index contributed by atoms with van der Waals surface area (Å²) in [6.45, 7) is 11.7. The quantitative estimate of drug-likeness (QED) is 0.700. The first-order valence-corrected chi connectivity index (χ1v) is 7.94. The number of hydrogen-bond donors (Lipinski definition) is 1. The summed E-state index contributed by atoms with van der Waals surface area (Å²) in [6.07, 6.45) is 2.59. The number of benzene rings is 1. The highest BCUT2D eigenvalue weighted by Crippen LogP contribution is 2.12. The third-order valence-electron chi connectivity index (χ3n) is 3.33.